The summed E-state index contributed by atoms with van der Waals surface area (Å²) >= 11 is 16.6. The van der Waals surface area contributed by atoms with Crippen molar-refractivity contribution in [3.63, 3.8) is 0 Å². The molecule has 0 saturated carbocycles. The summed E-state index contributed by atoms with van der Waals surface area (Å²) < 4.78 is 23.3. The second-order valence-electron chi connectivity index (χ2n) is 4.94. The molecule has 0 aliphatic carbocycles. The Morgan fingerprint density at radius 2 is 1.48 bits per heavy atom. The van der Waals surface area contributed by atoms with Gasteiger partial charge in [0.25, 0.3) is 3.79 Å². The zero-order valence-corrected chi connectivity index (χ0v) is 15.7. The van der Waals surface area contributed by atoms with Gasteiger partial charge in [0.1, 0.15) is 12.7 Å². The highest BCUT2D eigenvalue weighted by Crippen LogP contribution is 2.33. The molecule has 9 nitrogen and oxygen atoms in total. The number of esters is 3. The van der Waals surface area contributed by atoms with E-state index >= 15 is 0 Å². The third-order valence-electron chi connectivity index (χ3n) is 2.81. The van der Waals surface area contributed by atoms with Gasteiger partial charge in [0.05, 0.1) is 0 Å². The summed E-state index contributed by atoms with van der Waals surface area (Å²) in [5, 5.41) is 7.59. The maximum atomic E-state index is 11.3. The lowest BCUT2D eigenvalue weighted by molar-refractivity contribution is -0.172. The summed E-state index contributed by atoms with van der Waals surface area (Å²) in [7, 11) is 0. The predicted molar refractivity (Wildman–Crippen MR) is 85.5 cm³/mol. The van der Waals surface area contributed by atoms with Gasteiger partial charge in [0, 0.05) is 20.8 Å². The van der Waals surface area contributed by atoms with Gasteiger partial charge in [0.15, 0.2) is 6.10 Å². The molecule has 0 amide bonds. The van der Waals surface area contributed by atoms with Crippen molar-refractivity contribution in [1.82, 2.24) is 0 Å². The molecule has 0 aromatic carbocycles. The second-order valence-corrected chi connectivity index (χ2v) is 7.22. The fourth-order valence-electron chi connectivity index (χ4n) is 1.95. The van der Waals surface area contributed by atoms with Crippen LogP contribution in [0.3, 0.4) is 0 Å². The molecule has 4 atom stereocenters. The van der Waals surface area contributed by atoms with Crippen molar-refractivity contribution >= 4 is 58.6 Å². The van der Waals surface area contributed by atoms with Crippen LogP contribution < -0.4 is 0 Å². The van der Waals surface area contributed by atoms with E-state index in [-0.39, 0.29) is 6.61 Å². The molecule has 1 saturated heterocycles. The van der Waals surface area contributed by atoms with Gasteiger partial charge in [-0.2, -0.15) is 0 Å². The summed E-state index contributed by atoms with van der Waals surface area (Å²) in [6.45, 7) is 3.10. The fourth-order valence-corrected chi connectivity index (χ4v) is 2.09. The number of hydrogen-bond donors (Lipinski definition) is 1. The van der Waals surface area contributed by atoms with Crippen molar-refractivity contribution < 1.29 is 38.1 Å². The smallest absolute Gasteiger partial charge is 0.303 e. The Morgan fingerprint density at radius 1 is 0.960 bits per heavy atom. The van der Waals surface area contributed by atoms with Gasteiger partial charge in [-0.05, 0) is 0 Å². The number of rotatable bonds is 5. The molecule has 1 aliphatic rings. The van der Waals surface area contributed by atoms with Crippen LogP contribution >= 0.6 is 34.8 Å². The molecule has 1 aliphatic heterocycles. The van der Waals surface area contributed by atoms with Crippen molar-refractivity contribution in [3.05, 3.63) is 0 Å². The third-order valence-corrected chi connectivity index (χ3v) is 3.33. The Balaban J connectivity index is 3.03. The quantitative estimate of drug-likeness (QED) is 0.233. The first-order chi connectivity index (χ1) is 11.4. The van der Waals surface area contributed by atoms with E-state index in [4.69, 9.17) is 63.9 Å². The molecule has 0 unspecified atom stereocenters. The molecule has 0 bridgehead atoms. The lowest BCUT2D eigenvalue weighted by Crippen LogP contribution is -2.42. The fraction of sp³-hybridized carbons (Fsp3) is 0.692. The van der Waals surface area contributed by atoms with Gasteiger partial charge in [-0.3, -0.25) is 19.8 Å². The molecular weight excluding hydrogens is 405 g/mol. The normalized spacial score (nSPS) is 25.8. The number of halogens is 3. The highest BCUT2D eigenvalue weighted by atomic mass is 35.6. The molecule has 0 radical (unpaired) electrons. The highest BCUT2D eigenvalue weighted by molar-refractivity contribution is 6.76. The van der Waals surface area contributed by atoms with E-state index in [2.05, 4.69) is 0 Å². The average molecular weight is 421 g/mol. The Morgan fingerprint density at radius 3 is 1.92 bits per heavy atom. The van der Waals surface area contributed by atoms with Crippen LogP contribution in [0.5, 0.6) is 0 Å². The van der Waals surface area contributed by atoms with Gasteiger partial charge >= 0.3 is 17.9 Å². The maximum absolute atomic E-state index is 11.3. The number of ether oxygens (including phenoxy) is 5. The van der Waals surface area contributed by atoms with Gasteiger partial charge in [-0.1, -0.05) is 34.8 Å². The van der Waals surface area contributed by atoms with E-state index in [1.54, 1.807) is 0 Å². The van der Waals surface area contributed by atoms with Crippen molar-refractivity contribution in [2.24, 2.45) is 0 Å². The number of carbonyl (C=O) groups is 3. The molecule has 0 aromatic heterocycles. The lowest BCUT2D eigenvalue weighted by Gasteiger charge is -2.24. The van der Waals surface area contributed by atoms with Crippen LogP contribution in [-0.4, -0.2) is 58.8 Å². The topological polar surface area (TPSA) is 121 Å². The summed E-state index contributed by atoms with van der Waals surface area (Å²) in [6.07, 6.45) is -4.87. The molecular formula is C13H16Cl3NO8. The Bertz CT molecular complexity index is 550. The maximum Gasteiger partial charge on any atom is 0.303 e. The van der Waals surface area contributed by atoms with E-state index in [1.807, 2.05) is 0 Å². The lowest BCUT2D eigenvalue weighted by atomic mass is 10.1. The average Bonchev–Trinajstić information content (AvgIpc) is 2.72. The molecule has 142 valence electrons. The molecule has 1 rings (SSSR count). The summed E-state index contributed by atoms with van der Waals surface area (Å²) in [4.78, 5) is 33.7. The first kappa shape index (κ1) is 21.8. The Labute approximate surface area is 158 Å². The van der Waals surface area contributed by atoms with Crippen molar-refractivity contribution in [2.75, 3.05) is 6.61 Å². The minimum Gasteiger partial charge on any atom is -0.463 e. The zero-order valence-electron chi connectivity index (χ0n) is 13.4. The highest BCUT2D eigenvalue weighted by Gasteiger charge is 2.52. The number of hydrogen-bond acceptors (Lipinski definition) is 9. The van der Waals surface area contributed by atoms with E-state index in [0.29, 0.717) is 0 Å². The van der Waals surface area contributed by atoms with Crippen LogP contribution in [0, 0.1) is 5.41 Å². The van der Waals surface area contributed by atoms with Crippen molar-refractivity contribution in [1.29, 1.82) is 5.41 Å². The molecule has 0 aromatic rings. The van der Waals surface area contributed by atoms with Crippen LogP contribution in [0.15, 0.2) is 0 Å². The number of nitrogens with one attached hydrogen (secondary N) is 1. The van der Waals surface area contributed by atoms with Gasteiger partial charge in [-0.15, -0.1) is 0 Å². The monoisotopic (exact) mass is 419 g/mol. The van der Waals surface area contributed by atoms with Crippen LogP contribution in [0.1, 0.15) is 20.8 Å². The first-order valence-electron chi connectivity index (χ1n) is 6.87. The largest absolute Gasteiger partial charge is 0.463 e. The van der Waals surface area contributed by atoms with E-state index in [1.165, 1.54) is 6.92 Å². The van der Waals surface area contributed by atoms with E-state index < -0.39 is 52.2 Å². The molecule has 0 spiro atoms. The van der Waals surface area contributed by atoms with Crippen LogP contribution in [0.2, 0.25) is 0 Å². The Kier molecular flexibility index (Phi) is 7.73. The molecule has 12 heteroatoms. The standard InChI is InChI=1S/C13H16Cl3NO8/c1-5(18)21-4-8-9(22-6(2)19)10(23-7(3)20)11(24-8)25-12(17)13(14,15)16/h8-11,17H,4H2,1-3H3/t8-,9-,10-,11+/m1/s1. The summed E-state index contributed by atoms with van der Waals surface area (Å²) in [5.41, 5.74) is 0. The third kappa shape index (κ3) is 6.85. The molecule has 25 heavy (non-hydrogen) atoms. The predicted octanol–water partition coefficient (Wildman–Crippen LogP) is 1.50. The second kappa shape index (κ2) is 8.88. The van der Waals surface area contributed by atoms with Gasteiger partial charge in [0.2, 0.25) is 18.3 Å². The zero-order chi connectivity index (χ0) is 19.4. The number of alkyl halides is 3. The molecule has 1 heterocycles. The van der Waals surface area contributed by atoms with Crippen LogP contribution in [0.4, 0.5) is 0 Å². The minimum absolute atomic E-state index is 0.313. The van der Waals surface area contributed by atoms with Crippen LogP contribution in [-0.2, 0) is 38.1 Å². The Hall–Kier alpha value is -1.29. The first-order valence-corrected chi connectivity index (χ1v) is 8.01. The van der Waals surface area contributed by atoms with Crippen LogP contribution in [0.25, 0.3) is 0 Å². The van der Waals surface area contributed by atoms with Gasteiger partial charge < -0.3 is 23.7 Å². The molecule has 1 N–H and O–H groups in total. The van der Waals surface area contributed by atoms with E-state index in [0.717, 1.165) is 13.8 Å². The summed E-state index contributed by atoms with van der Waals surface area (Å²) in [5.74, 6) is -2.83. The SMILES string of the molecule is CC(=O)OC[C@H]1O[C@@H](OC(=N)C(Cl)(Cl)Cl)[C@H](OC(C)=O)[C@@H]1OC(C)=O. The summed E-state index contributed by atoms with van der Waals surface area (Å²) in [6, 6.07) is 0. The molecule has 1 fully saturated rings. The van der Waals surface area contributed by atoms with Gasteiger partial charge in [-0.25, -0.2) is 0 Å². The minimum atomic E-state index is -2.19. The van der Waals surface area contributed by atoms with Crippen molar-refractivity contribution in [2.45, 2.75) is 49.2 Å². The number of carbonyl (C=O) groups excluding carboxylic acids is 3. The van der Waals surface area contributed by atoms with E-state index in [9.17, 15) is 14.4 Å². The van der Waals surface area contributed by atoms with Crippen molar-refractivity contribution in [3.8, 4) is 0 Å².